The van der Waals surface area contributed by atoms with E-state index in [1.165, 1.54) is 4.90 Å². The maximum Gasteiger partial charge on any atom is 0.259 e. The maximum atomic E-state index is 11.9. The highest BCUT2D eigenvalue weighted by Crippen LogP contribution is 2.29. The zero-order valence-electron chi connectivity index (χ0n) is 15.5. The van der Waals surface area contributed by atoms with E-state index in [9.17, 15) is 9.90 Å². The lowest BCUT2D eigenvalue weighted by Gasteiger charge is -2.26. The first-order chi connectivity index (χ1) is 12.4. The van der Waals surface area contributed by atoms with E-state index in [0.717, 1.165) is 36.6 Å². The summed E-state index contributed by atoms with van der Waals surface area (Å²) < 4.78 is 5.79. The number of carbonyl (C=O) groups is 1. The van der Waals surface area contributed by atoms with E-state index in [2.05, 4.69) is 15.3 Å². The molecule has 1 saturated carbocycles. The number of amides is 1. The summed E-state index contributed by atoms with van der Waals surface area (Å²) in [6, 6.07) is 4.16. The summed E-state index contributed by atoms with van der Waals surface area (Å²) >= 11 is 0. The summed E-state index contributed by atoms with van der Waals surface area (Å²) in [5.74, 6) is 1.06. The van der Waals surface area contributed by atoms with Gasteiger partial charge in [0.1, 0.15) is 11.3 Å². The van der Waals surface area contributed by atoms with Gasteiger partial charge in [-0.3, -0.25) is 4.79 Å². The summed E-state index contributed by atoms with van der Waals surface area (Å²) in [6.07, 6.45) is 4.97. The van der Waals surface area contributed by atoms with Gasteiger partial charge < -0.3 is 20.1 Å². The van der Waals surface area contributed by atoms with Gasteiger partial charge >= 0.3 is 0 Å². The molecule has 7 nitrogen and oxygen atoms in total. The van der Waals surface area contributed by atoms with E-state index in [0.29, 0.717) is 17.2 Å². The molecule has 1 aromatic heterocycles. The largest absolute Gasteiger partial charge is 0.481 e. The van der Waals surface area contributed by atoms with E-state index >= 15 is 0 Å². The van der Waals surface area contributed by atoms with Crippen LogP contribution >= 0.6 is 0 Å². The van der Waals surface area contributed by atoms with Crippen LogP contribution in [0.4, 0.5) is 5.95 Å². The molecular weight excluding hydrogens is 332 g/mol. The number of aliphatic hydroxyl groups is 1. The van der Waals surface area contributed by atoms with Crippen molar-refractivity contribution in [3.8, 4) is 5.75 Å². The third-order valence-electron chi connectivity index (χ3n) is 4.77. The van der Waals surface area contributed by atoms with Gasteiger partial charge in [-0.1, -0.05) is 12.1 Å². The van der Waals surface area contributed by atoms with Crippen LogP contribution in [0.15, 0.2) is 18.3 Å². The molecule has 0 bridgehead atoms. The Morgan fingerprint density at radius 1 is 1.31 bits per heavy atom. The summed E-state index contributed by atoms with van der Waals surface area (Å²) in [5.41, 5.74) is 1.62. The molecule has 1 fully saturated rings. The highest BCUT2D eigenvalue weighted by molar-refractivity contribution is 5.86. The van der Waals surface area contributed by atoms with Crippen LogP contribution in [0, 0.1) is 6.92 Å². The Morgan fingerprint density at radius 2 is 2.04 bits per heavy atom. The Hall–Kier alpha value is -2.41. The highest BCUT2D eigenvalue weighted by Gasteiger charge is 2.20. The van der Waals surface area contributed by atoms with Crippen molar-refractivity contribution in [2.24, 2.45) is 0 Å². The monoisotopic (exact) mass is 358 g/mol. The number of ether oxygens (including phenoxy) is 1. The molecular formula is C19H26N4O3. The predicted octanol–water partition coefficient (Wildman–Crippen LogP) is 2.12. The molecule has 2 aromatic rings. The van der Waals surface area contributed by atoms with Crippen molar-refractivity contribution < 1.29 is 14.6 Å². The number of aryl methyl sites for hydroxylation is 1. The third-order valence-corrected chi connectivity index (χ3v) is 4.77. The second-order valence-electron chi connectivity index (χ2n) is 7.07. The number of likely N-dealkylation sites (N-methyl/N-ethyl adjacent to an activating group) is 1. The second kappa shape index (κ2) is 7.86. The number of aromatic nitrogens is 2. The molecule has 3 rings (SSSR count). The van der Waals surface area contributed by atoms with Crippen LogP contribution in [0.25, 0.3) is 10.9 Å². The Morgan fingerprint density at radius 3 is 2.73 bits per heavy atom. The number of benzene rings is 1. The van der Waals surface area contributed by atoms with Crippen molar-refractivity contribution in [1.82, 2.24) is 14.9 Å². The summed E-state index contributed by atoms with van der Waals surface area (Å²) in [7, 11) is 3.40. The topological polar surface area (TPSA) is 87.6 Å². The van der Waals surface area contributed by atoms with E-state index in [4.69, 9.17) is 4.74 Å². The number of fused-ring (bicyclic) bond motifs is 1. The molecule has 1 aliphatic carbocycles. The van der Waals surface area contributed by atoms with Gasteiger partial charge in [-0.05, 0) is 38.2 Å². The van der Waals surface area contributed by atoms with Gasteiger partial charge in [-0.25, -0.2) is 9.97 Å². The molecule has 0 radical (unpaired) electrons. The van der Waals surface area contributed by atoms with Crippen LogP contribution < -0.4 is 10.1 Å². The van der Waals surface area contributed by atoms with E-state index in [-0.39, 0.29) is 24.7 Å². The van der Waals surface area contributed by atoms with Crippen molar-refractivity contribution >= 4 is 22.8 Å². The number of aliphatic hydroxyl groups excluding tert-OH is 1. The molecule has 1 aliphatic rings. The predicted molar refractivity (Wildman–Crippen MR) is 100 cm³/mol. The minimum Gasteiger partial charge on any atom is -0.481 e. The Bertz CT molecular complexity index is 786. The molecule has 140 valence electrons. The molecule has 1 amide bonds. The SMILES string of the molecule is Cc1ccc2cnc(N[C@H]3CC[C@H](O)CC3)nc2c1OCC(=O)N(C)C. The summed E-state index contributed by atoms with van der Waals surface area (Å²) in [4.78, 5) is 22.4. The fourth-order valence-corrected chi connectivity index (χ4v) is 3.09. The molecule has 0 aliphatic heterocycles. The first-order valence-electron chi connectivity index (χ1n) is 8.98. The van der Waals surface area contributed by atoms with Crippen LogP contribution in [0.2, 0.25) is 0 Å². The molecule has 7 heteroatoms. The molecule has 2 N–H and O–H groups in total. The van der Waals surface area contributed by atoms with Crippen molar-refractivity contribution in [1.29, 1.82) is 0 Å². The Balaban J connectivity index is 1.82. The van der Waals surface area contributed by atoms with Gasteiger partial charge in [0, 0.05) is 31.7 Å². The smallest absolute Gasteiger partial charge is 0.259 e. The number of anilines is 1. The van der Waals surface area contributed by atoms with Gasteiger partial charge in [-0.15, -0.1) is 0 Å². The molecule has 0 saturated heterocycles. The van der Waals surface area contributed by atoms with Gasteiger partial charge in [-0.2, -0.15) is 0 Å². The van der Waals surface area contributed by atoms with E-state index < -0.39 is 0 Å². The Labute approximate surface area is 153 Å². The molecule has 0 atom stereocenters. The van der Waals surface area contributed by atoms with Crippen molar-refractivity contribution in [3.05, 3.63) is 23.9 Å². The van der Waals surface area contributed by atoms with Crippen molar-refractivity contribution in [3.63, 3.8) is 0 Å². The van der Waals surface area contributed by atoms with Gasteiger partial charge in [0.15, 0.2) is 6.61 Å². The van der Waals surface area contributed by atoms with Crippen LogP contribution in [0.5, 0.6) is 5.75 Å². The number of rotatable bonds is 5. The van der Waals surface area contributed by atoms with Crippen molar-refractivity contribution in [2.45, 2.75) is 44.8 Å². The average molecular weight is 358 g/mol. The summed E-state index contributed by atoms with van der Waals surface area (Å²) in [5, 5.41) is 13.9. The lowest BCUT2D eigenvalue weighted by molar-refractivity contribution is -0.130. The third kappa shape index (κ3) is 4.22. The van der Waals surface area contributed by atoms with Crippen LogP contribution in [-0.4, -0.2) is 58.7 Å². The first-order valence-corrected chi connectivity index (χ1v) is 8.98. The van der Waals surface area contributed by atoms with Crippen LogP contribution in [-0.2, 0) is 4.79 Å². The minimum atomic E-state index is -0.192. The highest BCUT2D eigenvalue weighted by atomic mass is 16.5. The number of nitrogens with one attached hydrogen (secondary N) is 1. The van der Waals surface area contributed by atoms with Gasteiger partial charge in [0.05, 0.1) is 6.10 Å². The molecule has 1 aromatic carbocycles. The quantitative estimate of drug-likeness (QED) is 0.851. The molecule has 26 heavy (non-hydrogen) atoms. The summed E-state index contributed by atoms with van der Waals surface area (Å²) in [6.45, 7) is 1.91. The molecule has 0 unspecified atom stereocenters. The second-order valence-corrected chi connectivity index (χ2v) is 7.07. The van der Waals surface area contributed by atoms with Crippen LogP contribution in [0.1, 0.15) is 31.2 Å². The normalized spacial score (nSPS) is 20.0. The zero-order valence-corrected chi connectivity index (χ0v) is 15.5. The van der Waals surface area contributed by atoms with Crippen molar-refractivity contribution in [2.75, 3.05) is 26.0 Å². The number of hydrogen-bond acceptors (Lipinski definition) is 6. The number of hydrogen-bond donors (Lipinski definition) is 2. The molecule has 0 spiro atoms. The van der Waals surface area contributed by atoms with Crippen LogP contribution in [0.3, 0.4) is 0 Å². The van der Waals surface area contributed by atoms with E-state index in [1.807, 2.05) is 19.1 Å². The first kappa shape index (κ1) is 18.4. The zero-order chi connectivity index (χ0) is 18.7. The van der Waals surface area contributed by atoms with Gasteiger partial charge in [0.25, 0.3) is 5.91 Å². The Kier molecular flexibility index (Phi) is 5.56. The fraction of sp³-hybridized carbons (Fsp3) is 0.526. The fourth-order valence-electron chi connectivity index (χ4n) is 3.09. The maximum absolute atomic E-state index is 11.9. The van der Waals surface area contributed by atoms with E-state index in [1.54, 1.807) is 20.3 Å². The lowest BCUT2D eigenvalue weighted by atomic mass is 9.93. The minimum absolute atomic E-state index is 0.0275. The molecule has 1 heterocycles. The number of carbonyl (C=O) groups excluding carboxylic acids is 1. The lowest BCUT2D eigenvalue weighted by Crippen LogP contribution is -2.29. The number of nitrogens with zero attached hydrogens (tertiary/aromatic N) is 3. The standard InChI is InChI=1S/C19H26N4O3/c1-12-4-5-13-10-20-19(21-14-6-8-15(24)9-7-14)22-17(13)18(12)26-11-16(25)23(2)3/h4-5,10,14-15,24H,6-9,11H2,1-3H3,(H,20,21,22)/t14-,15-. The average Bonchev–Trinajstić information content (AvgIpc) is 2.62. The van der Waals surface area contributed by atoms with Gasteiger partial charge in [0.2, 0.25) is 5.95 Å².